The molecule has 1 N–H and O–H groups in total. The number of phenols is 1. The van der Waals surface area contributed by atoms with Crippen molar-refractivity contribution in [3.05, 3.63) is 36.5 Å². The Hall–Kier alpha value is -1.70. The highest BCUT2D eigenvalue weighted by molar-refractivity contribution is 7.80. The van der Waals surface area contributed by atoms with Crippen LogP contribution in [0, 0.1) is 0 Å². The Morgan fingerprint density at radius 1 is 1.25 bits per heavy atom. The van der Waals surface area contributed by atoms with E-state index in [4.69, 9.17) is 0 Å². The van der Waals surface area contributed by atoms with Gasteiger partial charge in [0, 0.05) is 6.07 Å². The molecule has 0 unspecified atom stereocenters. The van der Waals surface area contributed by atoms with Crippen molar-refractivity contribution in [2.24, 2.45) is 0 Å². The molecule has 0 aliphatic carbocycles. The summed E-state index contributed by atoms with van der Waals surface area (Å²) in [5.74, 6) is 0.347. The van der Waals surface area contributed by atoms with Gasteiger partial charge in [-0.15, -0.1) is 0 Å². The van der Waals surface area contributed by atoms with Gasteiger partial charge >= 0.3 is 0 Å². The first kappa shape index (κ1) is 16.4. The lowest BCUT2D eigenvalue weighted by molar-refractivity contribution is -0.668. The predicted molar refractivity (Wildman–Crippen MR) is 72.8 cm³/mol. The molecule has 0 atom stereocenters. The molecular weight excluding hydrogens is 282 g/mol. The number of nitrogens with zero attached hydrogens (tertiary/aromatic N) is 1. The van der Waals surface area contributed by atoms with Crippen LogP contribution >= 0.6 is 0 Å². The number of para-hydroxylation sites is 1. The summed E-state index contributed by atoms with van der Waals surface area (Å²) in [6.45, 7) is 4.27. The molecule has 6 nitrogen and oxygen atoms in total. The van der Waals surface area contributed by atoms with E-state index in [-0.39, 0.29) is 6.61 Å². The summed E-state index contributed by atoms with van der Waals surface area (Å²) in [6.07, 6.45) is 1.97. The zero-order valence-electron chi connectivity index (χ0n) is 11.3. The van der Waals surface area contributed by atoms with Gasteiger partial charge < -0.3 is 9.66 Å². The monoisotopic (exact) mass is 299 g/mol. The Bertz CT molecular complexity index is 664. The smallest absolute Gasteiger partial charge is 0.254 e. The topological polar surface area (TPSA) is 90.5 Å². The number of pyridine rings is 1. The molecular formula is C13H17NO5S. The van der Waals surface area contributed by atoms with E-state index in [9.17, 15) is 18.1 Å². The second-order valence-electron chi connectivity index (χ2n) is 3.82. The average Bonchev–Trinajstić information content (AvgIpc) is 2.37. The number of aromatic nitrogens is 1. The summed E-state index contributed by atoms with van der Waals surface area (Å²) in [5.41, 5.74) is 0.910. The minimum atomic E-state index is -4.42. The van der Waals surface area contributed by atoms with Crippen molar-refractivity contribution >= 4 is 21.3 Å². The molecule has 1 heterocycles. The van der Waals surface area contributed by atoms with Gasteiger partial charge in [0.15, 0.2) is 11.9 Å². The Kier molecular flexibility index (Phi) is 5.87. The van der Waals surface area contributed by atoms with Gasteiger partial charge in [0.2, 0.25) is 10.4 Å². The van der Waals surface area contributed by atoms with E-state index in [1.807, 2.05) is 35.0 Å². The van der Waals surface area contributed by atoms with E-state index in [0.29, 0.717) is 5.75 Å². The third-order valence-electron chi connectivity index (χ3n) is 2.48. The predicted octanol–water partition coefficient (Wildman–Crippen LogP) is 1.34. The van der Waals surface area contributed by atoms with Gasteiger partial charge in [0.05, 0.1) is 12.0 Å². The highest BCUT2D eigenvalue weighted by Crippen LogP contribution is 2.19. The molecule has 0 radical (unpaired) electrons. The average molecular weight is 299 g/mol. The summed E-state index contributed by atoms with van der Waals surface area (Å²) in [4.78, 5) is 0. The van der Waals surface area contributed by atoms with Gasteiger partial charge in [-0.1, -0.05) is 6.07 Å². The Balaban J connectivity index is 0.000000246. The van der Waals surface area contributed by atoms with E-state index in [2.05, 4.69) is 11.1 Å². The van der Waals surface area contributed by atoms with Crippen LogP contribution in [0.4, 0.5) is 0 Å². The zero-order valence-corrected chi connectivity index (χ0v) is 12.1. The van der Waals surface area contributed by atoms with Crippen LogP contribution in [-0.2, 0) is 21.1 Å². The van der Waals surface area contributed by atoms with Gasteiger partial charge in [0.25, 0.3) is 5.52 Å². The van der Waals surface area contributed by atoms with Gasteiger partial charge in [-0.3, -0.25) is 4.18 Å². The maximum absolute atomic E-state index is 9.66. The number of phenolic OH excluding ortho intramolecular Hbond substituents is 1. The lowest BCUT2D eigenvalue weighted by Crippen LogP contribution is -2.32. The molecule has 0 aliphatic heterocycles. The Labute approximate surface area is 118 Å². The Morgan fingerprint density at radius 3 is 2.40 bits per heavy atom. The summed E-state index contributed by atoms with van der Waals surface area (Å²) in [6, 6.07) is 9.57. The second-order valence-corrected chi connectivity index (χ2v) is 4.88. The molecule has 1 aromatic heterocycles. The second kappa shape index (κ2) is 7.18. The van der Waals surface area contributed by atoms with Crippen LogP contribution in [0.2, 0.25) is 0 Å². The van der Waals surface area contributed by atoms with Crippen molar-refractivity contribution in [3.8, 4) is 5.75 Å². The quantitative estimate of drug-likeness (QED) is 0.524. The van der Waals surface area contributed by atoms with Crippen LogP contribution in [-0.4, -0.2) is 24.7 Å². The van der Waals surface area contributed by atoms with Crippen molar-refractivity contribution in [1.82, 2.24) is 0 Å². The molecule has 7 heteroatoms. The number of hydrogen-bond donors (Lipinski definition) is 1. The fourth-order valence-corrected chi connectivity index (χ4v) is 2.02. The minimum absolute atomic E-state index is 0.0914. The van der Waals surface area contributed by atoms with Crippen molar-refractivity contribution in [2.75, 3.05) is 6.61 Å². The van der Waals surface area contributed by atoms with Gasteiger partial charge in [-0.05, 0) is 32.0 Å². The third-order valence-corrected chi connectivity index (χ3v) is 3.00. The van der Waals surface area contributed by atoms with Crippen LogP contribution in [0.1, 0.15) is 13.8 Å². The highest BCUT2D eigenvalue weighted by Gasteiger charge is 2.09. The van der Waals surface area contributed by atoms with Crippen molar-refractivity contribution in [2.45, 2.75) is 20.4 Å². The molecule has 110 valence electrons. The van der Waals surface area contributed by atoms with Crippen LogP contribution < -0.4 is 4.57 Å². The summed E-state index contributed by atoms with van der Waals surface area (Å²) in [7, 11) is -4.42. The van der Waals surface area contributed by atoms with E-state index >= 15 is 0 Å². The normalized spacial score (nSPS) is 10.9. The number of aromatic hydroxyl groups is 1. The summed E-state index contributed by atoms with van der Waals surface area (Å²) < 4.78 is 34.0. The molecule has 2 rings (SSSR count). The SMILES string of the molecule is CCOS(=O)(=O)[O-].CC[n+]1cccc2cccc(O)c21. The van der Waals surface area contributed by atoms with Gasteiger partial charge in [-0.2, -0.15) is 4.57 Å². The molecule has 0 fully saturated rings. The minimum Gasteiger partial charge on any atom is -0.726 e. The van der Waals surface area contributed by atoms with Crippen LogP contribution in [0.25, 0.3) is 10.9 Å². The van der Waals surface area contributed by atoms with Crippen molar-refractivity contribution in [3.63, 3.8) is 0 Å². The van der Waals surface area contributed by atoms with Gasteiger partial charge in [-0.25, -0.2) is 8.42 Å². The van der Waals surface area contributed by atoms with Crippen molar-refractivity contribution in [1.29, 1.82) is 0 Å². The first-order chi connectivity index (χ1) is 9.39. The number of benzene rings is 1. The highest BCUT2D eigenvalue weighted by atomic mass is 32.3. The summed E-state index contributed by atoms with van der Waals surface area (Å²) >= 11 is 0. The molecule has 0 amide bonds. The van der Waals surface area contributed by atoms with Crippen LogP contribution in [0.3, 0.4) is 0 Å². The molecule has 0 aliphatic rings. The molecule has 20 heavy (non-hydrogen) atoms. The number of aryl methyl sites for hydroxylation is 1. The first-order valence-corrected chi connectivity index (χ1v) is 7.42. The molecule has 0 bridgehead atoms. The lowest BCUT2D eigenvalue weighted by atomic mass is 10.2. The van der Waals surface area contributed by atoms with E-state index < -0.39 is 10.4 Å². The van der Waals surface area contributed by atoms with Gasteiger partial charge in [0.1, 0.15) is 6.54 Å². The maximum atomic E-state index is 9.66. The molecule has 1 aromatic carbocycles. The Morgan fingerprint density at radius 2 is 1.90 bits per heavy atom. The standard InChI is InChI=1S/C11H11NO.C2H6O4S/c1-2-12-8-4-6-9-5-3-7-10(13)11(9)12;1-2-6-7(3,4)5/h3-8H,2H2,1H3;2H2,1H3,(H,3,4,5). The number of hydrogen-bond acceptors (Lipinski definition) is 5. The number of rotatable bonds is 3. The van der Waals surface area contributed by atoms with E-state index in [0.717, 1.165) is 17.4 Å². The van der Waals surface area contributed by atoms with E-state index in [1.54, 1.807) is 6.07 Å². The lowest BCUT2D eigenvalue weighted by Gasteiger charge is -2.02. The molecule has 2 aromatic rings. The van der Waals surface area contributed by atoms with E-state index in [1.165, 1.54) is 6.92 Å². The van der Waals surface area contributed by atoms with Crippen LogP contribution in [0.15, 0.2) is 36.5 Å². The fourth-order valence-electron chi connectivity index (χ4n) is 1.73. The largest absolute Gasteiger partial charge is 0.726 e. The molecule has 0 saturated heterocycles. The maximum Gasteiger partial charge on any atom is 0.254 e. The molecule has 0 spiro atoms. The molecule has 0 saturated carbocycles. The summed E-state index contributed by atoms with van der Waals surface area (Å²) in [5, 5.41) is 10.7. The number of fused-ring (bicyclic) bond motifs is 1. The fraction of sp³-hybridized carbons (Fsp3) is 0.308. The van der Waals surface area contributed by atoms with Crippen LogP contribution in [0.5, 0.6) is 5.75 Å². The zero-order chi connectivity index (χ0) is 15.2. The first-order valence-electron chi connectivity index (χ1n) is 6.09. The van der Waals surface area contributed by atoms with Crippen molar-refractivity contribution < 1.29 is 26.8 Å². The third kappa shape index (κ3) is 4.76.